The van der Waals surface area contributed by atoms with Crippen molar-refractivity contribution in [2.45, 2.75) is 12.6 Å². The minimum absolute atomic E-state index is 0. The van der Waals surface area contributed by atoms with Gasteiger partial charge in [-0.05, 0) is 23.8 Å². The van der Waals surface area contributed by atoms with Gasteiger partial charge in [0.15, 0.2) is 0 Å². The minimum Gasteiger partial charge on any atom is -0.338 e. The summed E-state index contributed by atoms with van der Waals surface area (Å²) >= 11 is 6.04. The van der Waals surface area contributed by atoms with Gasteiger partial charge in [-0.3, -0.25) is 9.88 Å². The van der Waals surface area contributed by atoms with Gasteiger partial charge in [-0.1, -0.05) is 35.0 Å². The highest BCUT2D eigenvalue weighted by Gasteiger charge is 2.25. The molecule has 1 fully saturated rings. The van der Waals surface area contributed by atoms with E-state index in [2.05, 4.69) is 31.4 Å². The number of nitrogens with one attached hydrogen (secondary N) is 1. The molecular formula is C18H19Cl2N5O. The molecule has 0 aliphatic carbocycles. The van der Waals surface area contributed by atoms with Gasteiger partial charge in [0.25, 0.3) is 0 Å². The quantitative estimate of drug-likeness (QED) is 0.735. The largest absolute Gasteiger partial charge is 0.338 e. The Morgan fingerprint density at radius 3 is 3.00 bits per heavy atom. The topological polar surface area (TPSA) is 67.1 Å². The highest BCUT2D eigenvalue weighted by atomic mass is 35.5. The molecule has 26 heavy (non-hydrogen) atoms. The lowest BCUT2D eigenvalue weighted by Crippen LogP contribution is -2.45. The zero-order valence-corrected chi connectivity index (χ0v) is 15.6. The van der Waals surface area contributed by atoms with Gasteiger partial charge in [0.1, 0.15) is 0 Å². The van der Waals surface area contributed by atoms with Gasteiger partial charge in [0.05, 0.1) is 6.54 Å². The van der Waals surface area contributed by atoms with Gasteiger partial charge in [-0.15, -0.1) is 12.4 Å². The molecule has 1 atom stereocenters. The molecule has 0 saturated carbocycles. The zero-order valence-electron chi connectivity index (χ0n) is 14.0. The highest BCUT2D eigenvalue weighted by molar-refractivity contribution is 6.30. The van der Waals surface area contributed by atoms with Gasteiger partial charge < -0.3 is 9.84 Å². The average molecular weight is 392 g/mol. The maximum Gasteiger partial charge on any atom is 0.241 e. The normalized spacial score (nSPS) is 17.7. The number of nitrogens with zero attached hydrogens (tertiary/aromatic N) is 4. The second-order valence-electron chi connectivity index (χ2n) is 6.00. The lowest BCUT2D eigenvalue weighted by Gasteiger charge is -2.35. The number of halogens is 2. The third-order valence-corrected chi connectivity index (χ3v) is 4.55. The SMILES string of the molecule is Cl.Clc1cccc(-c2noc(CN3CCNCC3c3cccnc3)n2)c1. The molecule has 3 heterocycles. The van der Waals surface area contributed by atoms with E-state index in [1.165, 1.54) is 5.56 Å². The molecule has 0 spiro atoms. The van der Waals surface area contributed by atoms with Crippen molar-refractivity contribution in [1.82, 2.24) is 25.3 Å². The molecule has 1 aromatic carbocycles. The van der Waals surface area contributed by atoms with Crippen LogP contribution in [0.5, 0.6) is 0 Å². The van der Waals surface area contributed by atoms with Crippen LogP contribution in [0.1, 0.15) is 17.5 Å². The van der Waals surface area contributed by atoms with E-state index in [1.807, 2.05) is 36.5 Å². The Kier molecular flexibility index (Phi) is 6.21. The van der Waals surface area contributed by atoms with Crippen molar-refractivity contribution in [3.8, 4) is 11.4 Å². The van der Waals surface area contributed by atoms with E-state index in [4.69, 9.17) is 16.1 Å². The predicted octanol–water partition coefficient (Wildman–Crippen LogP) is 3.35. The summed E-state index contributed by atoms with van der Waals surface area (Å²) in [6.07, 6.45) is 3.70. The molecule has 136 valence electrons. The average Bonchev–Trinajstić information content (AvgIpc) is 3.12. The van der Waals surface area contributed by atoms with Gasteiger partial charge in [-0.25, -0.2) is 0 Å². The fraction of sp³-hybridized carbons (Fsp3) is 0.278. The van der Waals surface area contributed by atoms with E-state index in [0.29, 0.717) is 23.3 Å². The van der Waals surface area contributed by atoms with Crippen LogP contribution in [0.3, 0.4) is 0 Å². The Morgan fingerprint density at radius 2 is 2.19 bits per heavy atom. The van der Waals surface area contributed by atoms with E-state index >= 15 is 0 Å². The van der Waals surface area contributed by atoms with E-state index in [-0.39, 0.29) is 18.4 Å². The highest BCUT2D eigenvalue weighted by Crippen LogP contribution is 2.24. The Balaban J connectivity index is 0.00000196. The van der Waals surface area contributed by atoms with Crippen molar-refractivity contribution in [1.29, 1.82) is 0 Å². The van der Waals surface area contributed by atoms with Crippen LogP contribution >= 0.6 is 24.0 Å². The first-order chi connectivity index (χ1) is 12.3. The molecule has 4 rings (SSSR count). The van der Waals surface area contributed by atoms with Gasteiger partial charge in [0.2, 0.25) is 11.7 Å². The Hall–Kier alpha value is -1.99. The van der Waals surface area contributed by atoms with Crippen molar-refractivity contribution in [3.05, 3.63) is 65.3 Å². The number of hydrogen-bond acceptors (Lipinski definition) is 6. The van der Waals surface area contributed by atoms with Crippen molar-refractivity contribution in [2.75, 3.05) is 19.6 Å². The number of aromatic nitrogens is 3. The molecular weight excluding hydrogens is 373 g/mol. The Labute approximate surface area is 163 Å². The van der Waals surface area contributed by atoms with Crippen molar-refractivity contribution in [3.63, 3.8) is 0 Å². The zero-order chi connectivity index (χ0) is 17.1. The summed E-state index contributed by atoms with van der Waals surface area (Å²) < 4.78 is 5.46. The maximum absolute atomic E-state index is 6.04. The second-order valence-corrected chi connectivity index (χ2v) is 6.44. The summed E-state index contributed by atoms with van der Waals surface area (Å²) in [6.45, 7) is 3.33. The number of rotatable bonds is 4. The molecule has 1 unspecified atom stereocenters. The lowest BCUT2D eigenvalue weighted by molar-refractivity contribution is 0.135. The molecule has 1 aliphatic heterocycles. The first kappa shape index (κ1) is 18.8. The summed E-state index contributed by atoms with van der Waals surface area (Å²) in [5.74, 6) is 1.16. The molecule has 8 heteroatoms. The molecule has 2 aromatic heterocycles. The molecule has 0 amide bonds. The van der Waals surface area contributed by atoms with E-state index in [0.717, 1.165) is 25.2 Å². The predicted molar refractivity (Wildman–Crippen MR) is 102 cm³/mol. The number of benzene rings is 1. The fourth-order valence-corrected chi connectivity index (χ4v) is 3.27. The van der Waals surface area contributed by atoms with Crippen LogP contribution in [-0.4, -0.2) is 39.7 Å². The minimum atomic E-state index is 0. The van der Waals surface area contributed by atoms with Crippen molar-refractivity contribution in [2.24, 2.45) is 0 Å². The summed E-state index contributed by atoms with van der Waals surface area (Å²) in [5.41, 5.74) is 2.04. The molecule has 0 radical (unpaired) electrons. The molecule has 1 N–H and O–H groups in total. The third kappa shape index (κ3) is 4.22. The summed E-state index contributed by atoms with van der Waals surface area (Å²) in [4.78, 5) is 11.1. The molecule has 3 aromatic rings. The Morgan fingerprint density at radius 1 is 1.27 bits per heavy atom. The summed E-state index contributed by atoms with van der Waals surface area (Å²) in [6, 6.07) is 11.8. The molecule has 6 nitrogen and oxygen atoms in total. The van der Waals surface area contributed by atoms with Gasteiger partial charge in [-0.2, -0.15) is 4.98 Å². The van der Waals surface area contributed by atoms with Crippen LogP contribution in [0, 0.1) is 0 Å². The second kappa shape index (κ2) is 8.60. The van der Waals surface area contributed by atoms with E-state index < -0.39 is 0 Å². The molecule has 0 bridgehead atoms. The standard InChI is InChI=1S/C18H18ClN5O.ClH/c19-15-5-1-3-13(9-15)18-22-17(25-23-18)12-24-8-7-21-11-16(24)14-4-2-6-20-10-14;/h1-6,9-10,16,21H,7-8,11-12H2;1H. The number of piperazine rings is 1. The summed E-state index contributed by atoms with van der Waals surface area (Å²) in [7, 11) is 0. The van der Waals surface area contributed by atoms with Gasteiger partial charge >= 0.3 is 0 Å². The van der Waals surface area contributed by atoms with Crippen molar-refractivity contribution >= 4 is 24.0 Å². The monoisotopic (exact) mass is 391 g/mol. The van der Waals surface area contributed by atoms with Gasteiger partial charge in [0, 0.05) is 48.7 Å². The van der Waals surface area contributed by atoms with Crippen LogP contribution in [0.25, 0.3) is 11.4 Å². The van der Waals surface area contributed by atoms with Crippen LogP contribution in [0.2, 0.25) is 5.02 Å². The van der Waals surface area contributed by atoms with Crippen LogP contribution < -0.4 is 5.32 Å². The number of hydrogen-bond donors (Lipinski definition) is 1. The number of pyridine rings is 1. The fourth-order valence-electron chi connectivity index (χ4n) is 3.08. The van der Waals surface area contributed by atoms with E-state index in [9.17, 15) is 0 Å². The van der Waals surface area contributed by atoms with Crippen LogP contribution in [-0.2, 0) is 6.54 Å². The van der Waals surface area contributed by atoms with E-state index in [1.54, 1.807) is 6.20 Å². The van der Waals surface area contributed by atoms with Crippen LogP contribution in [0.4, 0.5) is 0 Å². The molecule has 1 aliphatic rings. The maximum atomic E-state index is 6.04. The van der Waals surface area contributed by atoms with Crippen molar-refractivity contribution < 1.29 is 4.52 Å². The molecule has 1 saturated heterocycles. The lowest BCUT2D eigenvalue weighted by atomic mass is 10.1. The third-order valence-electron chi connectivity index (χ3n) is 4.31. The smallest absolute Gasteiger partial charge is 0.241 e. The van der Waals surface area contributed by atoms with Crippen LogP contribution in [0.15, 0.2) is 53.3 Å². The first-order valence-corrected chi connectivity index (χ1v) is 8.60. The Bertz CT molecular complexity index is 842. The first-order valence-electron chi connectivity index (χ1n) is 8.23. The summed E-state index contributed by atoms with van der Waals surface area (Å²) in [5, 5.41) is 8.18.